The normalized spacial score (nSPS) is 17.3. The summed E-state index contributed by atoms with van der Waals surface area (Å²) in [6.07, 6.45) is 0. The summed E-state index contributed by atoms with van der Waals surface area (Å²) < 4.78 is 0. The van der Waals surface area contributed by atoms with Crippen LogP contribution in [0.1, 0.15) is 29.8 Å². The van der Waals surface area contributed by atoms with E-state index in [0.29, 0.717) is 0 Å². The number of hydrogen-bond acceptors (Lipinski definition) is 4. The number of hydrogen-bond donors (Lipinski definition) is 1. The van der Waals surface area contributed by atoms with Crippen LogP contribution in [0.15, 0.2) is 42.5 Å². The molecule has 0 aliphatic carbocycles. The number of nitrogens with zero attached hydrogens (tertiary/aromatic N) is 3. The number of nitrogens with two attached hydrogens (primary N) is 1. The molecule has 3 rings (SSSR count). The third-order valence-corrected chi connectivity index (χ3v) is 4.75. The van der Waals surface area contributed by atoms with Gasteiger partial charge in [0.2, 0.25) is 0 Å². The molecule has 4 nitrogen and oxygen atoms in total. The first-order valence-electron chi connectivity index (χ1n) is 8.44. The fourth-order valence-electron chi connectivity index (χ4n) is 3.20. The van der Waals surface area contributed by atoms with Gasteiger partial charge in [-0.1, -0.05) is 43.3 Å². The molecule has 4 heteroatoms. The molecule has 2 N–H and O–H groups in total. The number of rotatable bonds is 4. The van der Waals surface area contributed by atoms with Gasteiger partial charge in [0.15, 0.2) is 0 Å². The summed E-state index contributed by atoms with van der Waals surface area (Å²) in [5.74, 6) is 1.07. The van der Waals surface area contributed by atoms with Crippen molar-refractivity contribution in [3.8, 4) is 0 Å². The second-order valence-corrected chi connectivity index (χ2v) is 6.15. The molecule has 1 fully saturated rings. The number of pyridine rings is 1. The van der Waals surface area contributed by atoms with Gasteiger partial charge in [0.1, 0.15) is 5.82 Å². The van der Waals surface area contributed by atoms with E-state index in [1.165, 1.54) is 0 Å². The van der Waals surface area contributed by atoms with Gasteiger partial charge in [0, 0.05) is 31.9 Å². The lowest BCUT2D eigenvalue weighted by atomic mass is 9.98. The monoisotopic (exact) mass is 310 g/mol. The van der Waals surface area contributed by atoms with Crippen molar-refractivity contribution in [1.29, 1.82) is 0 Å². The van der Waals surface area contributed by atoms with Crippen LogP contribution < -0.4 is 10.6 Å². The maximum absolute atomic E-state index is 6.42. The van der Waals surface area contributed by atoms with Crippen LogP contribution >= 0.6 is 0 Å². The van der Waals surface area contributed by atoms with E-state index in [4.69, 9.17) is 10.7 Å². The molecule has 0 bridgehead atoms. The van der Waals surface area contributed by atoms with Crippen molar-refractivity contribution in [3.63, 3.8) is 0 Å². The van der Waals surface area contributed by atoms with E-state index >= 15 is 0 Å². The molecular formula is C19H26N4. The maximum Gasteiger partial charge on any atom is 0.128 e. The Labute approximate surface area is 138 Å². The molecule has 0 spiro atoms. The van der Waals surface area contributed by atoms with Gasteiger partial charge >= 0.3 is 0 Å². The summed E-state index contributed by atoms with van der Waals surface area (Å²) in [6.45, 7) is 9.73. The van der Waals surface area contributed by atoms with Crippen molar-refractivity contribution >= 4 is 5.82 Å². The Kier molecular flexibility index (Phi) is 4.94. The third kappa shape index (κ3) is 3.54. The quantitative estimate of drug-likeness (QED) is 0.943. The number of piperazine rings is 1. The van der Waals surface area contributed by atoms with Crippen molar-refractivity contribution in [2.45, 2.75) is 19.9 Å². The van der Waals surface area contributed by atoms with Crippen molar-refractivity contribution in [2.24, 2.45) is 5.73 Å². The Morgan fingerprint density at radius 1 is 1.04 bits per heavy atom. The first-order chi connectivity index (χ1) is 11.2. The van der Waals surface area contributed by atoms with Crippen molar-refractivity contribution < 1.29 is 0 Å². The fourth-order valence-corrected chi connectivity index (χ4v) is 3.20. The van der Waals surface area contributed by atoms with Crippen LogP contribution in [0.2, 0.25) is 0 Å². The summed E-state index contributed by atoms with van der Waals surface area (Å²) >= 11 is 0. The molecule has 1 atom stereocenters. The summed E-state index contributed by atoms with van der Waals surface area (Å²) in [4.78, 5) is 9.67. The van der Waals surface area contributed by atoms with E-state index < -0.39 is 0 Å². The van der Waals surface area contributed by atoms with E-state index in [1.807, 2.05) is 18.2 Å². The SMILES string of the molecule is CCN1CCN(c2ccc(C(N)c3ccccc3)c(C)n2)CC1. The van der Waals surface area contributed by atoms with Crippen LogP contribution in [0, 0.1) is 6.92 Å². The summed E-state index contributed by atoms with van der Waals surface area (Å²) in [5.41, 5.74) is 9.68. The highest BCUT2D eigenvalue weighted by Crippen LogP contribution is 2.24. The number of anilines is 1. The van der Waals surface area contributed by atoms with E-state index in [-0.39, 0.29) is 6.04 Å². The van der Waals surface area contributed by atoms with Gasteiger partial charge in [-0.05, 0) is 30.7 Å². The molecule has 1 aliphatic heterocycles. The van der Waals surface area contributed by atoms with Gasteiger partial charge in [0.25, 0.3) is 0 Å². The lowest BCUT2D eigenvalue weighted by Gasteiger charge is -2.35. The van der Waals surface area contributed by atoms with Gasteiger partial charge < -0.3 is 15.5 Å². The average Bonchev–Trinajstić information content (AvgIpc) is 2.62. The zero-order valence-corrected chi connectivity index (χ0v) is 14.1. The van der Waals surface area contributed by atoms with Crippen LogP contribution in [0.5, 0.6) is 0 Å². The van der Waals surface area contributed by atoms with Crippen LogP contribution in [0.25, 0.3) is 0 Å². The molecule has 122 valence electrons. The minimum absolute atomic E-state index is 0.116. The van der Waals surface area contributed by atoms with Crippen LogP contribution in [0.3, 0.4) is 0 Å². The Morgan fingerprint density at radius 2 is 1.74 bits per heavy atom. The second kappa shape index (κ2) is 7.11. The minimum atomic E-state index is -0.116. The largest absolute Gasteiger partial charge is 0.354 e. The lowest BCUT2D eigenvalue weighted by molar-refractivity contribution is 0.270. The first kappa shape index (κ1) is 16.0. The van der Waals surface area contributed by atoms with E-state index in [2.05, 4.69) is 47.9 Å². The first-order valence-corrected chi connectivity index (χ1v) is 8.44. The van der Waals surface area contributed by atoms with Gasteiger partial charge in [-0.2, -0.15) is 0 Å². The Balaban J connectivity index is 1.76. The van der Waals surface area contributed by atoms with Crippen LogP contribution in [0.4, 0.5) is 5.82 Å². The number of benzene rings is 1. The van der Waals surface area contributed by atoms with Crippen molar-refractivity contribution in [2.75, 3.05) is 37.6 Å². The standard InChI is InChI=1S/C19H26N4/c1-3-22-11-13-23(14-12-22)18-10-9-17(15(2)21-18)19(20)16-7-5-4-6-8-16/h4-10,19H,3,11-14,20H2,1-2H3. The molecule has 2 aromatic rings. The topological polar surface area (TPSA) is 45.4 Å². The molecular weight excluding hydrogens is 284 g/mol. The highest BCUT2D eigenvalue weighted by atomic mass is 15.3. The van der Waals surface area contributed by atoms with Gasteiger partial charge in [0.05, 0.1) is 6.04 Å². The predicted octanol–water partition coefficient (Wildman–Crippen LogP) is 2.58. The summed E-state index contributed by atoms with van der Waals surface area (Å²) in [7, 11) is 0. The third-order valence-electron chi connectivity index (χ3n) is 4.75. The zero-order chi connectivity index (χ0) is 16.2. The highest BCUT2D eigenvalue weighted by Gasteiger charge is 2.18. The number of aryl methyl sites for hydroxylation is 1. The van der Waals surface area contributed by atoms with Gasteiger partial charge in [-0.25, -0.2) is 4.98 Å². The van der Waals surface area contributed by atoms with E-state index in [9.17, 15) is 0 Å². The van der Waals surface area contributed by atoms with Crippen molar-refractivity contribution in [3.05, 3.63) is 59.3 Å². The average molecular weight is 310 g/mol. The number of aromatic nitrogens is 1. The minimum Gasteiger partial charge on any atom is -0.354 e. The Hall–Kier alpha value is -1.91. The molecule has 0 saturated carbocycles. The molecule has 2 heterocycles. The molecule has 23 heavy (non-hydrogen) atoms. The predicted molar refractivity (Wildman–Crippen MR) is 95.8 cm³/mol. The molecule has 1 aromatic carbocycles. The molecule has 1 aliphatic rings. The van der Waals surface area contributed by atoms with E-state index in [1.54, 1.807) is 0 Å². The second-order valence-electron chi connectivity index (χ2n) is 6.15. The zero-order valence-electron chi connectivity index (χ0n) is 14.1. The Bertz CT molecular complexity index is 633. The molecule has 1 aromatic heterocycles. The Morgan fingerprint density at radius 3 is 2.35 bits per heavy atom. The van der Waals surface area contributed by atoms with E-state index in [0.717, 1.165) is 55.4 Å². The van der Waals surface area contributed by atoms with Gasteiger partial charge in [-0.3, -0.25) is 0 Å². The van der Waals surface area contributed by atoms with Crippen molar-refractivity contribution in [1.82, 2.24) is 9.88 Å². The number of likely N-dealkylation sites (N-methyl/N-ethyl adjacent to an activating group) is 1. The molecule has 1 unspecified atom stereocenters. The molecule has 1 saturated heterocycles. The van der Waals surface area contributed by atoms with Crippen LogP contribution in [-0.4, -0.2) is 42.6 Å². The summed E-state index contributed by atoms with van der Waals surface area (Å²) in [5, 5.41) is 0. The van der Waals surface area contributed by atoms with Crippen LogP contribution in [-0.2, 0) is 0 Å². The van der Waals surface area contributed by atoms with Gasteiger partial charge in [-0.15, -0.1) is 0 Å². The fraction of sp³-hybridized carbons (Fsp3) is 0.421. The maximum atomic E-state index is 6.42. The molecule has 0 radical (unpaired) electrons. The molecule has 0 amide bonds. The smallest absolute Gasteiger partial charge is 0.128 e. The highest BCUT2D eigenvalue weighted by molar-refractivity contribution is 5.44. The summed E-state index contributed by atoms with van der Waals surface area (Å²) in [6, 6.07) is 14.4. The lowest BCUT2D eigenvalue weighted by Crippen LogP contribution is -2.46.